The maximum atomic E-state index is 9.37. The van der Waals surface area contributed by atoms with Crippen molar-refractivity contribution in [3.8, 4) is 11.4 Å². The van der Waals surface area contributed by atoms with Gasteiger partial charge in [0.1, 0.15) is 5.82 Å². The molecule has 9 heteroatoms. The predicted octanol–water partition coefficient (Wildman–Crippen LogP) is 2.08. The summed E-state index contributed by atoms with van der Waals surface area (Å²) in [5.74, 6) is 1.65. The number of aryl methyl sites for hydroxylation is 2. The summed E-state index contributed by atoms with van der Waals surface area (Å²) in [6, 6.07) is 13.2. The van der Waals surface area contributed by atoms with Gasteiger partial charge in [-0.1, -0.05) is 42.5 Å². The van der Waals surface area contributed by atoms with Crippen LogP contribution >= 0.6 is 0 Å². The predicted molar refractivity (Wildman–Crippen MR) is 121 cm³/mol. The summed E-state index contributed by atoms with van der Waals surface area (Å²) in [6.45, 7) is 4.79. The van der Waals surface area contributed by atoms with Gasteiger partial charge in [0.05, 0.1) is 12.1 Å². The molecule has 0 fully saturated rings. The summed E-state index contributed by atoms with van der Waals surface area (Å²) >= 11 is 0. The van der Waals surface area contributed by atoms with Crippen molar-refractivity contribution < 1.29 is 14.8 Å². The van der Waals surface area contributed by atoms with Gasteiger partial charge in [-0.05, 0) is 24.9 Å². The SMILES string of the molecule is COCc1cccc2c(-c3nc(C)nc(NCc4cccc(B(O)O)c4)n3)c(C)[nH]c12. The second-order valence-corrected chi connectivity index (χ2v) is 7.40. The maximum absolute atomic E-state index is 9.37. The summed E-state index contributed by atoms with van der Waals surface area (Å²) in [7, 11) is 0.179. The first-order chi connectivity index (χ1) is 15.0. The molecule has 4 aromatic rings. The normalized spacial score (nSPS) is 11.1. The van der Waals surface area contributed by atoms with Gasteiger partial charge < -0.3 is 25.1 Å². The van der Waals surface area contributed by atoms with Crippen LogP contribution in [0, 0.1) is 13.8 Å². The lowest BCUT2D eigenvalue weighted by molar-refractivity contribution is 0.186. The second kappa shape index (κ2) is 8.85. The van der Waals surface area contributed by atoms with Crippen LogP contribution in [0.1, 0.15) is 22.6 Å². The van der Waals surface area contributed by atoms with Crippen molar-refractivity contribution in [2.75, 3.05) is 12.4 Å². The molecule has 2 aromatic carbocycles. The van der Waals surface area contributed by atoms with Crippen LogP contribution in [0.3, 0.4) is 0 Å². The zero-order valence-corrected chi connectivity index (χ0v) is 17.7. The fourth-order valence-electron chi connectivity index (χ4n) is 3.69. The van der Waals surface area contributed by atoms with Crippen molar-refractivity contribution >= 4 is 29.4 Å². The first-order valence-electron chi connectivity index (χ1n) is 9.97. The molecule has 0 amide bonds. The van der Waals surface area contributed by atoms with Gasteiger partial charge in [0, 0.05) is 35.9 Å². The topological polar surface area (TPSA) is 116 Å². The first kappa shape index (κ1) is 21.0. The Kier molecular flexibility index (Phi) is 5.99. The van der Waals surface area contributed by atoms with Crippen molar-refractivity contribution in [1.82, 2.24) is 19.9 Å². The molecule has 0 aliphatic rings. The van der Waals surface area contributed by atoms with E-state index in [9.17, 15) is 10.0 Å². The van der Waals surface area contributed by atoms with Gasteiger partial charge in [-0.2, -0.15) is 9.97 Å². The number of nitrogens with one attached hydrogen (secondary N) is 2. The number of hydrogen-bond donors (Lipinski definition) is 4. The number of para-hydroxylation sites is 1. The summed E-state index contributed by atoms with van der Waals surface area (Å²) < 4.78 is 5.32. The van der Waals surface area contributed by atoms with Crippen molar-refractivity contribution in [2.45, 2.75) is 27.0 Å². The third-order valence-corrected chi connectivity index (χ3v) is 5.08. The summed E-state index contributed by atoms with van der Waals surface area (Å²) in [5.41, 5.74) is 5.32. The van der Waals surface area contributed by atoms with E-state index in [1.807, 2.05) is 38.1 Å². The molecule has 4 rings (SSSR count). The largest absolute Gasteiger partial charge is 0.488 e. The van der Waals surface area contributed by atoms with E-state index < -0.39 is 7.12 Å². The number of rotatable bonds is 7. The number of ether oxygens (including phenoxy) is 1. The van der Waals surface area contributed by atoms with E-state index in [1.165, 1.54) is 0 Å². The van der Waals surface area contributed by atoms with Gasteiger partial charge in [-0.3, -0.25) is 0 Å². The van der Waals surface area contributed by atoms with Crippen molar-refractivity contribution in [1.29, 1.82) is 0 Å². The van der Waals surface area contributed by atoms with Crippen LogP contribution in [-0.4, -0.2) is 44.2 Å². The Morgan fingerprint density at radius 3 is 2.65 bits per heavy atom. The monoisotopic (exact) mass is 417 g/mol. The molecule has 0 radical (unpaired) electrons. The minimum absolute atomic E-state index is 0.438. The van der Waals surface area contributed by atoms with Gasteiger partial charge in [0.25, 0.3) is 0 Å². The van der Waals surface area contributed by atoms with Gasteiger partial charge in [0.2, 0.25) is 5.95 Å². The number of hydrogen-bond acceptors (Lipinski definition) is 7. The molecule has 0 saturated heterocycles. The highest BCUT2D eigenvalue weighted by atomic mass is 16.5. The van der Waals surface area contributed by atoms with Crippen LogP contribution in [0.4, 0.5) is 5.95 Å². The van der Waals surface area contributed by atoms with E-state index in [-0.39, 0.29) is 0 Å². The molecule has 4 N–H and O–H groups in total. The van der Waals surface area contributed by atoms with Crippen LogP contribution in [0.25, 0.3) is 22.3 Å². The van der Waals surface area contributed by atoms with Gasteiger partial charge >= 0.3 is 7.12 Å². The molecule has 0 aliphatic carbocycles. The molecule has 0 saturated carbocycles. The molecular weight excluding hydrogens is 393 g/mol. The van der Waals surface area contributed by atoms with E-state index in [1.54, 1.807) is 25.3 Å². The van der Waals surface area contributed by atoms with Gasteiger partial charge in [-0.25, -0.2) is 4.98 Å². The number of aromatic amines is 1. The zero-order chi connectivity index (χ0) is 22.0. The summed E-state index contributed by atoms with van der Waals surface area (Å²) in [4.78, 5) is 17.1. The Balaban J connectivity index is 1.67. The van der Waals surface area contributed by atoms with E-state index >= 15 is 0 Å². The molecular formula is C22H24BN5O3. The minimum Gasteiger partial charge on any atom is -0.423 e. The smallest absolute Gasteiger partial charge is 0.423 e. The first-order valence-corrected chi connectivity index (χ1v) is 9.97. The van der Waals surface area contributed by atoms with E-state index in [0.717, 1.165) is 33.3 Å². The van der Waals surface area contributed by atoms with Crippen molar-refractivity contribution in [3.63, 3.8) is 0 Å². The average Bonchev–Trinajstić information content (AvgIpc) is 3.09. The van der Waals surface area contributed by atoms with E-state index in [2.05, 4.69) is 25.3 Å². The Morgan fingerprint density at radius 1 is 1.06 bits per heavy atom. The molecule has 0 unspecified atom stereocenters. The van der Waals surface area contributed by atoms with Gasteiger partial charge in [-0.15, -0.1) is 0 Å². The lowest BCUT2D eigenvalue weighted by atomic mass is 9.80. The highest BCUT2D eigenvalue weighted by Crippen LogP contribution is 2.32. The molecule has 31 heavy (non-hydrogen) atoms. The molecule has 0 atom stereocenters. The number of H-pyrrole nitrogens is 1. The van der Waals surface area contributed by atoms with Crippen LogP contribution in [-0.2, 0) is 17.9 Å². The standard InChI is InChI=1S/C22H24BN5O3/c1-13-19(18-9-5-7-16(12-31-3)20(18)25-13)21-26-14(2)27-22(28-21)24-11-15-6-4-8-17(10-15)23(29)30/h4-10,25,29-30H,11-12H2,1-3H3,(H,24,26,27,28). The number of anilines is 1. The Bertz CT molecular complexity index is 1230. The van der Waals surface area contributed by atoms with Crippen LogP contribution < -0.4 is 10.8 Å². The van der Waals surface area contributed by atoms with Crippen LogP contribution in [0.5, 0.6) is 0 Å². The van der Waals surface area contributed by atoms with Crippen LogP contribution in [0.2, 0.25) is 0 Å². The third kappa shape index (κ3) is 4.43. The number of aromatic nitrogens is 4. The number of methoxy groups -OCH3 is 1. The van der Waals surface area contributed by atoms with E-state index in [4.69, 9.17) is 4.74 Å². The Morgan fingerprint density at radius 2 is 1.87 bits per heavy atom. The maximum Gasteiger partial charge on any atom is 0.488 e. The van der Waals surface area contributed by atoms with Crippen molar-refractivity contribution in [3.05, 3.63) is 65.1 Å². The molecule has 8 nitrogen and oxygen atoms in total. The zero-order valence-electron chi connectivity index (χ0n) is 17.7. The fraction of sp³-hybridized carbons (Fsp3) is 0.227. The summed E-state index contributed by atoms with van der Waals surface area (Å²) in [5, 5.41) is 23.0. The minimum atomic E-state index is -1.50. The lowest BCUT2D eigenvalue weighted by Crippen LogP contribution is -2.30. The quantitative estimate of drug-likeness (QED) is 0.340. The molecule has 0 aliphatic heterocycles. The van der Waals surface area contributed by atoms with Gasteiger partial charge in [0.15, 0.2) is 5.82 Å². The fourth-order valence-corrected chi connectivity index (χ4v) is 3.69. The highest BCUT2D eigenvalue weighted by molar-refractivity contribution is 6.58. The molecule has 2 heterocycles. The van der Waals surface area contributed by atoms with Crippen LogP contribution in [0.15, 0.2) is 42.5 Å². The Labute approximate surface area is 180 Å². The Hall–Kier alpha value is -3.27. The molecule has 2 aromatic heterocycles. The summed E-state index contributed by atoms with van der Waals surface area (Å²) in [6.07, 6.45) is 0. The molecule has 0 spiro atoms. The molecule has 158 valence electrons. The molecule has 0 bridgehead atoms. The third-order valence-electron chi connectivity index (χ3n) is 5.08. The highest BCUT2D eigenvalue weighted by Gasteiger charge is 2.17. The second-order valence-electron chi connectivity index (χ2n) is 7.40. The number of nitrogens with zero attached hydrogens (tertiary/aromatic N) is 3. The average molecular weight is 417 g/mol. The number of fused-ring (bicyclic) bond motifs is 1. The number of benzene rings is 2. The van der Waals surface area contributed by atoms with Crippen molar-refractivity contribution in [2.24, 2.45) is 0 Å². The lowest BCUT2D eigenvalue weighted by Gasteiger charge is -2.09. The van der Waals surface area contributed by atoms with E-state index in [0.29, 0.717) is 36.2 Å².